The topological polar surface area (TPSA) is 42.1 Å². The number of ether oxygens (including phenoxy) is 1. The van der Waals surface area contributed by atoms with Crippen LogP contribution in [0.2, 0.25) is 0 Å². The highest BCUT2D eigenvalue weighted by Crippen LogP contribution is 2.16. The zero-order valence-corrected chi connectivity index (χ0v) is 10.8. The first-order valence-electron chi connectivity index (χ1n) is 4.91. The van der Waals surface area contributed by atoms with Gasteiger partial charge in [0.1, 0.15) is 0 Å². The number of thiazole rings is 1. The number of H-pyrrole nitrogens is 1. The quantitative estimate of drug-likeness (QED) is 0.655. The molecule has 0 aliphatic heterocycles. The minimum Gasteiger partial charge on any atom is -0.462 e. The van der Waals surface area contributed by atoms with Gasteiger partial charge in [0.05, 0.1) is 12.5 Å². The summed E-state index contributed by atoms with van der Waals surface area (Å²) in [6.45, 7) is 5.80. The molecule has 0 aliphatic rings. The Morgan fingerprint density at radius 2 is 2.33 bits per heavy atom. The van der Waals surface area contributed by atoms with Crippen LogP contribution in [0.15, 0.2) is 0 Å². The Labute approximate surface area is 98.5 Å². The molecule has 0 spiro atoms. The minimum atomic E-state index is -0.183. The van der Waals surface area contributed by atoms with Crippen molar-refractivity contribution in [3.05, 3.63) is 14.5 Å². The molecule has 1 heterocycles. The molecule has 1 unspecified atom stereocenters. The molecular weight excluding hydrogens is 230 g/mol. The third-order valence-corrected chi connectivity index (χ3v) is 3.47. The van der Waals surface area contributed by atoms with Crippen molar-refractivity contribution < 1.29 is 9.53 Å². The molecule has 1 N–H and O–H groups in total. The van der Waals surface area contributed by atoms with Gasteiger partial charge in [0.15, 0.2) is 3.95 Å². The fourth-order valence-corrected chi connectivity index (χ4v) is 2.36. The van der Waals surface area contributed by atoms with Crippen molar-refractivity contribution in [3.63, 3.8) is 0 Å². The normalized spacial score (nSPS) is 12.5. The minimum absolute atomic E-state index is 0.00952. The highest BCUT2D eigenvalue weighted by atomic mass is 32.1. The van der Waals surface area contributed by atoms with Crippen LogP contribution >= 0.6 is 23.6 Å². The first-order valence-corrected chi connectivity index (χ1v) is 6.13. The predicted octanol–water partition coefficient (Wildman–Crippen LogP) is 3.00. The van der Waals surface area contributed by atoms with Gasteiger partial charge in [0.25, 0.3) is 0 Å². The van der Waals surface area contributed by atoms with Gasteiger partial charge in [-0.2, -0.15) is 0 Å². The Kier molecular flexibility index (Phi) is 4.47. The van der Waals surface area contributed by atoms with Gasteiger partial charge in [-0.25, -0.2) is 0 Å². The monoisotopic (exact) mass is 245 g/mol. The first-order chi connectivity index (χ1) is 7.02. The average Bonchev–Trinajstić information content (AvgIpc) is 2.44. The number of hydrogen-bond donors (Lipinski definition) is 1. The summed E-state index contributed by atoms with van der Waals surface area (Å²) in [5.74, 6) is -0.183. The van der Waals surface area contributed by atoms with Gasteiger partial charge < -0.3 is 9.72 Å². The summed E-state index contributed by atoms with van der Waals surface area (Å²) in [6.07, 6.45) is 1.14. The molecule has 0 amide bonds. The SMILES string of the molecule is CCC(C)OC(=O)Cc1sc(=S)[nH]c1C. The molecule has 3 nitrogen and oxygen atoms in total. The van der Waals surface area contributed by atoms with Crippen molar-refractivity contribution in [3.8, 4) is 0 Å². The molecule has 0 bridgehead atoms. The molecule has 0 fully saturated rings. The van der Waals surface area contributed by atoms with E-state index in [4.69, 9.17) is 17.0 Å². The lowest BCUT2D eigenvalue weighted by atomic mass is 10.3. The van der Waals surface area contributed by atoms with Crippen molar-refractivity contribution in [1.29, 1.82) is 0 Å². The number of hydrogen-bond acceptors (Lipinski definition) is 4. The van der Waals surface area contributed by atoms with Gasteiger partial charge in [0, 0.05) is 10.6 Å². The maximum atomic E-state index is 11.5. The summed E-state index contributed by atoms with van der Waals surface area (Å²) >= 11 is 6.43. The lowest BCUT2D eigenvalue weighted by Crippen LogP contribution is -2.15. The highest BCUT2D eigenvalue weighted by molar-refractivity contribution is 7.73. The molecule has 0 saturated carbocycles. The van der Waals surface area contributed by atoms with Crippen LogP contribution in [-0.4, -0.2) is 17.1 Å². The third kappa shape index (κ3) is 3.76. The van der Waals surface area contributed by atoms with E-state index in [1.54, 1.807) is 0 Å². The van der Waals surface area contributed by atoms with E-state index in [0.717, 1.165) is 17.0 Å². The van der Waals surface area contributed by atoms with E-state index in [2.05, 4.69) is 4.98 Å². The summed E-state index contributed by atoms with van der Waals surface area (Å²) in [6, 6.07) is 0. The van der Waals surface area contributed by atoms with E-state index >= 15 is 0 Å². The number of aromatic nitrogens is 1. The molecule has 15 heavy (non-hydrogen) atoms. The van der Waals surface area contributed by atoms with Crippen LogP contribution in [0.3, 0.4) is 0 Å². The van der Waals surface area contributed by atoms with E-state index in [0.29, 0.717) is 10.4 Å². The summed E-state index contributed by atoms with van der Waals surface area (Å²) in [7, 11) is 0. The molecule has 1 rings (SSSR count). The lowest BCUT2D eigenvalue weighted by molar-refractivity contribution is -0.147. The molecular formula is C10H15NO2S2. The number of aryl methyl sites for hydroxylation is 1. The van der Waals surface area contributed by atoms with E-state index in [9.17, 15) is 4.79 Å². The number of aromatic amines is 1. The van der Waals surface area contributed by atoms with Crippen LogP contribution in [0.4, 0.5) is 0 Å². The van der Waals surface area contributed by atoms with Crippen molar-refractivity contribution in [2.75, 3.05) is 0 Å². The van der Waals surface area contributed by atoms with Crippen LogP contribution in [0.25, 0.3) is 0 Å². The van der Waals surface area contributed by atoms with Gasteiger partial charge in [-0.1, -0.05) is 6.92 Å². The second kappa shape index (κ2) is 5.42. The highest BCUT2D eigenvalue weighted by Gasteiger charge is 2.12. The van der Waals surface area contributed by atoms with Crippen molar-refractivity contribution >= 4 is 29.5 Å². The van der Waals surface area contributed by atoms with Gasteiger partial charge >= 0.3 is 5.97 Å². The Balaban J connectivity index is 2.59. The molecule has 0 saturated heterocycles. The number of rotatable bonds is 4. The average molecular weight is 245 g/mol. The van der Waals surface area contributed by atoms with Gasteiger partial charge in [-0.05, 0) is 32.5 Å². The summed E-state index contributed by atoms with van der Waals surface area (Å²) in [5.41, 5.74) is 0.964. The first kappa shape index (κ1) is 12.4. The fourth-order valence-electron chi connectivity index (χ4n) is 1.09. The van der Waals surface area contributed by atoms with Gasteiger partial charge in [-0.3, -0.25) is 4.79 Å². The van der Waals surface area contributed by atoms with E-state index in [-0.39, 0.29) is 12.1 Å². The predicted molar refractivity (Wildman–Crippen MR) is 63.8 cm³/mol. The third-order valence-electron chi connectivity index (χ3n) is 2.14. The Morgan fingerprint density at radius 1 is 1.67 bits per heavy atom. The van der Waals surface area contributed by atoms with Crippen molar-refractivity contribution in [1.82, 2.24) is 4.98 Å². The standard InChI is InChI=1S/C10H15NO2S2/c1-4-6(2)13-9(12)5-8-7(3)11-10(14)15-8/h6H,4-5H2,1-3H3,(H,11,14). The molecule has 1 atom stereocenters. The fraction of sp³-hybridized carbons (Fsp3) is 0.600. The van der Waals surface area contributed by atoms with E-state index in [1.165, 1.54) is 11.3 Å². The Bertz CT molecular complexity index is 394. The maximum absolute atomic E-state index is 11.5. The summed E-state index contributed by atoms with van der Waals surface area (Å²) in [4.78, 5) is 15.5. The largest absolute Gasteiger partial charge is 0.462 e. The van der Waals surface area contributed by atoms with Crippen molar-refractivity contribution in [2.24, 2.45) is 0 Å². The van der Waals surface area contributed by atoms with Crippen LogP contribution in [-0.2, 0) is 16.0 Å². The molecule has 1 aromatic rings. The Hall–Kier alpha value is -0.680. The zero-order chi connectivity index (χ0) is 11.4. The van der Waals surface area contributed by atoms with Gasteiger partial charge in [-0.15, -0.1) is 11.3 Å². The second-order valence-electron chi connectivity index (χ2n) is 3.45. The maximum Gasteiger partial charge on any atom is 0.311 e. The van der Waals surface area contributed by atoms with Gasteiger partial charge in [0.2, 0.25) is 0 Å². The van der Waals surface area contributed by atoms with Crippen LogP contribution in [0.5, 0.6) is 0 Å². The molecule has 0 aliphatic carbocycles. The summed E-state index contributed by atoms with van der Waals surface area (Å²) < 4.78 is 5.89. The zero-order valence-electron chi connectivity index (χ0n) is 9.12. The van der Waals surface area contributed by atoms with Crippen LogP contribution in [0, 0.1) is 10.9 Å². The number of carbonyl (C=O) groups excluding carboxylic acids is 1. The van der Waals surface area contributed by atoms with Crippen LogP contribution in [0.1, 0.15) is 30.8 Å². The number of carbonyl (C=O) groups is 1. The number of nitrogens with one attached hydrogen (secondary N) is 1. The molecule has 0 radical (unpaired) electrons. The lowest BCUT2D eigenvalue weighted by Gasteiger charge is -2.09. The Morgan fingerprint density at radius 3 is 2.80 bits per heavy atom. The number of esters is 1. The molecule has 1 aromatic heterocycles. The molecule has 84 valence electrons. The molecule has 0 aromatic carbocycles. The molecule has 5 heteroatoms. The van der Waals surface area contributed by atoms with E-state index < -0.39 is 0 Å². The summed E-state index contributed by atoms with van der Waals surface area (Å²) in [5, 5.41) is 0. The van der Waals surface area contributed by atoms with E-state index in [1.807, 2.05) is 20.8 Å². The smallest absolute Gasteiger partial charge is 0.311 e. The second-order valence-corrected chi connectivity index (χ2v) is 5.22. The van der Waals surface area contributed by atoms with Crippen molar-refractivity contribution in [2.45, 2.75) is 39.7 Å². The van der Waals surface area contributed by atoms with Crippen LogP contribution < -0.4 is 0 Å².